The lowest BCUT2D eigenvalue weighted by Crippen LogP contribution is -2.22. The van der Waals surface area contributed by atoms with Gasteiger partial charge < -0.3 is 21.1 Å². The Balaban J connectivity index is 1.99. The molecule has 0 saturated carbocycles. The molecule has 0 aliphatic carbocycles. The molecule has 1 aromatic heterocycles. The molecule has 4 N–H and O–H groups in total. The number of rotatable bonds is 9. The number of amides is 2. The van der Waals surface area contributed by atoms with Crippen molar-refractivity contribution in [1.29, 1.82) is 0 Å². The number of carbonyl (C=O) groups is 2. The van der Waals surface area contributed by atoms with Crippen molar-refractivity contribution in [3.8, 4) is 5.75 Å². The fourth-order valence-corrected chi connectivity index (χ4v) is 4.05. The lowest BCUT2D eigenvalue weighted by molar-refractivity contribution is -0.123. The first kappa shape index (κ1) is 24.1. The Morgan fingerprint density at radius 2 is 1.87 bits per heavy atom. The van der Waals surface area contributed by atoms with Gasteiger partial charge >= 0.3 is 0 Å². The molecule has 2 aromatic rings. The van der Waals surface area contributed by atoms with E-state index in [2.05, 4.69) is 15.6 Å². The molecular formula is C18H23ClN4O5S2. The average Bonchev–Trinajstić information content (AvgIpc) is 2.98. The third-order valence-corrected chi connectivity index (χ3v) is 5.99. The van der Waals surface area contributed by atoms with E-state index in [1.165, 1.54) is 0 Å². The first-order valence-corrected chi connectivity index (χ1v) is 12.0. The number of nitrogens with one attached hydrogen (secondary N) is 2. The number of sulfone groups is 1. The maximum absolute atomic E-state index is 12.2. The summed E-state index contributed by atoms with van der Waals surface area (Å²) < 4.78 is 28.9. The van der Waals surface area contributed by atoms with Crippen molar-refractivity contribution in [3.63, 3.8) is 0 Å². The Morgan fingerprint density at radius 3 is 2.50 bits per heavy atom. The molecule has 2 rings (SSSR count). The van der Waals surface area contributed by atoms with Gasteiger partial charge in [-0.25, -0.2) is 13.4 Å². The van der Waals surface area contributed by atoms with Crippen molar-refractivity contribution in [1.82, 2.24) is 4.98 Å². The Labute approximate surface area is 183 Å². The summed E-state index contributed by atoms with van der Waals surface area (Å²) >= 11 is 6.83. The molecule has 1 atom stereocenters. The summed E-state index contributed by atoms with van der Waals surface area (Å²) in [6, 6.07) is 6.91. The van der Waals surface area contributed by atoms with E-state index in [0.29, 0.717) is 24.0 Å². The van der Waals surface area contributed by atoms with Crippen LogP contribution in [0.15, 0.2) is 24.3 Å². The summed E-state index contributed by atoms with van der Waals surface area (Å²) in [7, 11) is -3.61. The fraction of sp³-hybridized carbons (Fsp3) is 0.389. The highest BCUT2D eigenvalue weighted by atomic mass is 35.5. The van der Waals surface area contributed by atoms with Gasteiger partial charge in [0.05, 0.1) is 12.3 Å². The first-order chi connectivity index (χ1) is 14.0. The van der Waals surface area contributed by atoms with Crippen LogP contribution in [0.5, 0.6) is 5.75 Å². The van der Waals surface area contributed by atoms with Crippen LogP contribution in [0.2, 0.25) is 4.34 Å². The minimum absolute atomic E-state index is 0.0453. The number of hydrogen-bond donors (Lipinski definition) is 3. The van der Waals surface area contributed by atoms with Crippen LogP contribution in [-0.4, -0.2) is 38.1 Å². The van der Waals surface area contributed by atoms with Crippen molar-refractivity contribution >= 4 is 55.4 Å². The summed E-state index contributed by atoms with van der Waals surface area (Å²) in [4.78, 5) is 28.4. The van der Waals surface area contributed by atoms with Gasteiger partial charge in [0, 0.05) is 6.26 Å². The zero-order valence-electron chi connectivity index (χ0n) is 16.6. The number of anilines is 2. The molecule has 0 fully saturated rings. The van der Waals surface area contributed by atoms with Crippen molar-refractivity contribution in [2.45, 2.75) is 25.6 Å². The molecule has 0 radical (unpaired) electrons. The molecule has 0 aliphatic heterocycles. The Morgan fingerprint density at radius 1 is 1.23 bits per heavy atom. The molecule has 0 bridgehead atoms. The van der Waals surface area contributed by atoms with Crippen LogP contribution in [0.1, 0.15) is 31.3 Å². The van der Waals surface area contributed by atoms with E-state index >= 15 is 0 Å². The molecule has 1 unspecified atom stereocenters. The second kappa shape index (κ2) is 10.2. The predicted octanol–water partition coefficient (Wildman–Crippen LogP) is 2.80. The van der Waals surface area contributed by atoms with E-state index in [-0.39, 0.29) is 15.2 Å². The zero-order valence-corrected chi connectivity index (χ0v) is 19.0. The number of nitrogens with two attached hydrogens (primary N) is 1. The van der Waals surface area contributed by atoms with Gasteiger partial charge in [-0.2, -0.15) is 0 Å². The molecule has 1 heterocycles. The van der Waals surface area contributed by atoms with Gasteiger partial charge in [-0.3, -0.25) is 9.59 Å². The van der Waals surface area contributed by atoms with Gasteiger partial charge in [0.1, 0.15) is 22.2 Å². The Kier molecular flexibility index (Phi) is 8.18. The first-order valence-electron chi connectivity index (χ1n) is 8.89. The number of nitrogens with zero attached hydrogens (tertiary/aromatic N) is 1. The summed E-state index contributed by atoms with van der Waals surface area (Å²) in [5, 5.41) is 3.70. The second-order valence-electron chi connectivity index (χ2n) is 6.90. The molecule has 2 amide bonds. The molecule has 30 heavy (non-hydrogen) atoms. The van der Waals surface area contributed by atoms with Crippen molar-refractivity contribution in [2.24, 2.45) is 11.7 Å². The lowest BCUT2D eigenvalue weighted by atomic mass is 10.2. The number of thiazole rings is 1. The fourth-order valence-electron chi connectivity index (χ4n) is 2.20. The van der Waals surface area contributed by atoms with E-state index in [4.69, 9.17) is 22.1 Å². The van der Waals surface area contributed by atoms with Crippen molar-refractivity contribution < 1.29 is 22.7 Å². The summed E-state index contributed by atoms with van der Waals surface area (Å²) in [6.45, 7) is 4.49. The van der Waals surface area contributed by atoms with Crippen LogP contribution in [-0.2, 0) is 19.4 Å². The SMILES string of the molecule is CC(C)COc1ccccc1NC(=O)CC(=O)Nc1nc(C(N)S(C)(=O)=O)c(Cl)s1. The van der Waals surface area contributed by atoms with Crippen LogP contribution in [0.4, 0.5) is 10.8 Å². The molecular weight excluding hydrogens is 452 g/mol. The minimum atomic E-state index is -3.61. The number of carbonyl (C=O) groups excluding carboxylic acids is 2. The van der Waals surface area contributed by atoms with Gasteiger partial charge in [-0.15, -0.1) is 0 Å². The molecule has 0 spiro atoms. The van der Waals surface area contributed by atoms with Crippen molar-refractivity contribution in [2.75, 3.05) is 23.5 Å². The van der Waals surface area contributed by atoms with Gasteiger partial charge in [0.2, 0.25) is 11.8 Å². The Bertz CT molecular complexity index is 1020. The van der Waals surface area contributed by atoms with Gasteiger partial charge in [-0.1, -0.05) is 48.9 Å². The minimum Gasteiger partial charge on any atom is -0.491 e. The van der Waals surface area contributed by atoms with E-state index in [0.717, 1.165) is 17.6 Å². The lowest BCUT2D eigenvalue weighted by Gasteiger charge is -2.13. The zero-order chi connectivity index (χ0) is 22.5. The normalized spacial score (nSPS) is 12.5. The van der Waals surface area contributed by atoms with E-state index in [9.17, 15) is 18.0 Å². The number of ether oxygens (including phenoxy) is 1. The highest BCUT2D eigenvalue weighted by Crippen LogP contribution is 2.33. The van der Waals surface area contributed by atoms with Gasteiger partial charge in [-0.05, 0) is 18.1 Å². The van der Waals surface area contributed by atoms with Crippen molar-refractivity contribution in [3.05, 3.63) is 34.3 Å². The predicted molar refractivity (Wildman–Crippen MR) is 118 cm³/mol. The van der Waals surface area contributed by atoms with Gasteiger partial charge in [0.15, 0.2) is 20.3 Å². The molecule has 164 valence electrons. The topological polar surface area (TPSA) is 140 Å². The summed E-state index contributed by atoms with van der Waals surface area (Å²) in [5.41, 5.74) is 6.02. The summed E-state index contributed by atoms with van der Waals surface area (Å²) in [6.07, 6.45) is 0.474. The smallest absolute Gasteiger partial charge is 0.235 e. The average molecular weight is 475 g/mol. The largest absolute Gasteiger partial charge is 0.491 e. The monoisotopic (exact) mass is 474 g/mol. The Hall–Kier alpha value is -2.21. The summed E-state index contributed by atoms with van der Waals surface area (Å²) in [5.74, 6) is -0.377. The highest BCUT2D eigenvalue weighted by molar-refractivity contribution is 7.90. The molecule has 9 nitrogen and oxygen atoms in total. The van der Waals surface area contributed by atoms with Crippen LogP contribution in [0.3, 0.4) is 0 Å². The maximum Gasteiger partial charge on any atom is 0.235 e. The van der Waals surface area contributed by atoms with Crippen LogP contribution in [0.25, 0.3) is 0 Å². The number of hydrogen-bond acceptors (Lipinski definition) is 8. The van der Waals surface area contributed by atoms with E-state index in [1.54, 1.807) is 24.3 Å². The van der Waals surface area contributed by atoms with Crippen LogP contribution in [0, 0.1) is 5.92 Å². The highest BCUT2D eigenvalue weighted by Gasteiger charge is 2.25. The number of aromatic nitrogens is 1. The molecule has 12 heteroatoms. The molecule has 0 aliphatic rings. The molecule has 1 aromatic carbocycles. The van der Waals surface area contributed by atoms with E-state index < -0.39 is 33.4 Å². The van der Waals surface area contributed by atoms with Crippen LogP contribution >= 0.6 is 22.9 Å². The van der Waals surface area contributed by atoms with E-state index in [1.807, 2.05) is 13.8 Å². The second-order valence-corrected chi connectivity index (χ2v) is 10.7. The third kappa shape index (κ3) is 6.94. The maximum atomic E-state index is 12.2. The number of benzene rings is 1. The standard InChI is InChI=1S/C18H23ClN4O5S2/c1-10(2)9-28-12-7-5-4-6-11(12)21-13(24)8-14(25)22-18-23-15(16(19)29-18)17(20)30(3,26)27/h4-7,10,17H,8-9,20H2,1-3H3,(H,21,24)(H,22,23,25). The van der Waals surface area contributed by atoms with Gasteiger partial charge in [0.25, 0.3) is 0 Å². The number of halogens is 1. The quantitative estimate of drug-likeness (QED) is 0.474. The third-order valence-electron chi connectivity index (χ3n) is 3.64. The van der Waals surface area contributed by atoms with Crippen LogP contribution < -0.4 is 21.1 Å². The number of para-hydroxylation sites is 2. The molecule has 0 saturated heterocycles.